The van der Waals surface area contributed by atoms with Crippen molar-refractivity contribution in [1.82, 2.24) is 4.98 Å². The van der Waals surface area contributed by atoms with E-state index in [1.54, 1.807) is 11.3 Å². The van der Waals surface area contributed by atoms with Crippen LogP contribution in [0, 0.1) is 6.92 Å². The smallest absolute Gasteiger partial charge is 0.124 e. The highest BCUT2D eigenvalue weighted by Crippen LogP contribution is 2.40. The number of benzene rings is 4. The maximum atomic E-state index is 5.01. The zero-order valence-corrected chi connectivity index (χ0v) is 14.1. The molecule has 0 aliphatic heterocycles. The topological polar surface area (TPSA) is 12.9 Å². The molecule has 0 atom stereocenters. The second-order valence-electron chi connectivity index (χ2n) is 6.15. The summed E-state index contributed by atoms with van der Waals surface area (Å²) < 4.78 is 1.28. The van der Waals surface area contributed by atoms with Gasteiger partial charge in [0, 0.05) is 16.3 Å². The zero-order valence-electron chi connectivity index (χ0n) is 13.3. The van der Waals surface area contributed by atoms with Crippen LogP contribution in [0.15, 0.2) is 72.8 Å². The van der Waals surface area contributed by atoms with Gasteiger partial charge in [-0.25, -0.2) is 4.98 Å². The van der Waals surface area contributed by atoms with E-state index in [9.17, 15) is 0 Å². The van der Waals surface area contributed by atoms with E-state index in [4.69, 9.17) is 4.98 Å². The first kappa shape index (κ1) is 13.7. The molecule has 5 rings (SSSR count). The molecule has 114 valence electrons. The summed E-state index contributed by atoms with van der Waals surface area (Å²) in [4.78, 5) is 5.01. The minimum atomic E-state index is 1.09. The van der Waals surface area contributed by atoms with Gasteiger partial charge in [0.1, 0.15) is 5.01 Å². The molecule has 24 heavy (non-hydrogen) atoms. The fraction of sp³-hybridized carbons (Fsp3) is 0.0455. The average molecular weight is 325 g/mol. The zero-order chi connectivity index (χ0) is 16.1. The van der Waals surface area contributed by atoms with Gasteiger partial charge in [0.2, 0.25) is 0 Å². The van der Waals surface area contributed by atoms with Gasteiger partial charge in [0.05, 0.1) is 10.2 Å². The van der Waals surface area contributed by atoms with E-state index in [1.807, 2.05) is 0 Å². The third-order valence-corrected chi connectivity index (χ3v) is 5.71. The number of thiazole rings is 1. The third kappa shape index (κ3) is 1.97. The molecule has 2 heteroatoms. The minimum absolute atomic E-state index is 1.09. The molecular weight excluding hydrogens is 310 g/mol. The number of hydrogen-bond acceptors (Lipinski definition) is 2. The Balaban J connectivity index is 1.93. The molecule has 0 fully saturated rings. The number of aromatic nitrogens is 1. The van der Waals surface area contributed by atoms with Gasteiger partial charge >= 0.3 is 0 Å². The van der Waals surface area contributed by atoms with Crippen molar-refractivity contribution < 1.29 is 0 Å². The maximum Gasteiger partial charge on any atom is 0.124 e. The summed E-state index contributed by atoms with van der Waals surface area (Å²) in [6.07, 6.45) is 0. The van der Waals surface area contributed by atoms with Gasteiger partial charge < -0.3 is 0 Å². The highest BCUT2D eigenvalue weighted by Gasteiger charge is 2.13. The fourth-order valence-corrected chi connectivity index (χ4v) is 4.47. The van der Waals surface area contributed by atoms with Gasteiger partial charge in [-0.15, -0.1) is 11.3 Å². The van der Waals surface area contributed by atoms with Crippen LogP contribution in [0.25, 0.3) is 42.3 Å². The van der Waals surface area contributed by atoms with Crippen molar-refractivity contribution in [3.05, 3.63) is 78.4 Å². The van der Waals surface area contributed by atoms with Crippen molar-refractivity contribution in [3.8, 4) is 10.6 Å². The summed E-state index contributed by atoms with van der Waals surface area (Å²) in [5, 5.41) is 6.20. The van der Waals surface area contributed by atoms with Crippen LogP contribution in [0.5, 0.6) is 0 Å². The molecular formula is C22H15NS. The molecule has 0 unspecified atom stereocenters. The van der Waals surface area contributed by atoms with Crippen LogP contribution in [-0.4, -0.2) is 4.98 Å². The van der Waals surface area contributed by atoms with Crippen LogP contribution in [0.2, 0.25) is 0 Å². The first-order chi connectivity index (χ1) is 11.8. The van der Waals surface area contributed by atoms with Gasteiger partial charge in [0.15, 0.2) is 0 Å². The number of nitrogens with zero attached hydrogens (tertiary/aromatic N) is 1. The Labute approximate surface area is 144 Å². The Hall–Kier alpha value is -2.71. The molecule has 1 nitrogen and oxygen atoms in total. The molecule has 0 saturated heterocycles. The molecule has 0 saturated carbocycles. The molecule has 0 bridgehead atoms. The molecule has 0 radical (unpaired) electrons. The average Bonchev–Trinajstić information content (AvgIpc) is 3.08. The molecule has 5 aromatic rings. The lowest BCUT2D eigenvalue weighted by Gasteiger charge is -2.05. The quantitative estimate of drug-likeness (QED) is 0.317. The van der Waals surface area contributed by atoms with E-state index in [-0.39, 0.29) is 0 Å². The van der Waals surface area contributed by atoms with Crippen molar-refractivity contribution in [2.45, 2.75) is 6.92 Å². The van der Waals surface area contributed by atoms with Crippen LogP contribution in [0.4, 0.5) is 0 Å². The van der Waals surface area contributed by atoms with Gasteiger partial charge in [0.25, 0.3) is 0 Å². The molecule has 0 aliphatic carbocycles. The van der Waals surface area contributed by atoms with Crippen LogP contribution in [-0.2, 0) is 0 Å². The lowest BCUT2D eigenvalue weighted by molar-refractivity contribution is 1.44. The van der Waals surface area contributed by atoms with Crippen LogP contribution in [0.3, 0.4) is 0 Å². The van der Waals surface area contributed by atoms with Crippen molar-refractivity contribution in [3.63, 3.8) is 0 Å². The highest BCUT2D eigenvalue weighted by atomic mass is 32.1. The molecule has 1 aromatic heterocycles. The summed E-state index contributed by atoms with van der Waals surface area (Å²) in [5.41, 5.74) is 3.58. The van der Waals surface area contributed by atoms with Crippen molar-refractivity contribution in [2.75, 3.05) is 0 Å². The van der Waals surface area contributed by atoms with Gasteiger partial charge in [-0.2, -0.15) is 0 Å². The summed E-state index contributed by atoms with van der Waals surface area (Å²) in [7, 11) is 0. The Morgan fingerprint density at radius 1 is 0.667 bits per heavy atom. The first-order valence-electron chi connectivity index (χ1n) is 8.08. The molecule has 4 aromatic carbocycles. The number of aryl methyl sites for hydroxylation is 1. The molecule has 0 amide bonds. The Bertz CT molecular complexity index is 1130. The Morgan fingerprint density at radius 2 is 1.25 bits per heavy atom. The SMILES string of the molecule is Cc1ccc(-c2nc3c4ccccc4c4ccccc4c3s2)cc1. The Morgan fingerprint density at radius 3 is 1.96 bits per heavy atom. The standard InChI is InChI=1S/C22H15NS/c1-14-10-12-15(13-11-14)22-23-20-18-8-4-2-6-16(18)17-7-3-5-9-19(17)21(20)24-22/h2-13H,1H3. The van der Waals surface area contributed by atoms with Crippen molar-refractivity contribution in [2.24, 2.45) is 0 Å². The first-order valence-corrected chi connectivity index (χ1v) is 8.90. The second kappa shape index (κ2) is 5.15. The van der Waals surface area contributed by atoms with E-state index in [0.717, 1.165) is 10.5 Å². The summed E-state index contributed by atoms with van der Waals surface area (Å²) in [6, 6.07) is 25.9. The summed E-state index contributed by atoms with van der Waals surface area (Å²) in [5.74, 6) is 0. The number of rotatable bonds is 1. The predicted molar refractivity (Wildman–Crippen MR) is 105 cm³/mol. The fourth-order valence-electron chi connectivity index (χ4n) is 3.35. The molecule has 0 aliphatic rings. The monoisotopic (exact) mass is 325 g/mol. The van der Waals surface area contributed by atoms with Gasteiger partial charge in [-0.1, -0.05) is 78.4 Å². The summed E-state index contributed by atoms with van der Waals surface area (Å²) >= 11 is 1.79. The van der Waals surface area contributed by atoms with Crippen LogP contribution in [0.1, 0.15) is 5.56 Å². The summed E-state index contributed by atoms with van der Waals surface area (Å²) in [6.45, 7) is 2.11. The normalized spacial score (nSPS) is 11.5. The molecule has 0 N–H and O–H groups in total. The Kier molecular flexibility index (Phi) is 2.94. The third-order valence-electron chi connectivity index (χ3n) is 4.57. The molecule has 1 heterocycles. The molecule has 0 spiro atoms. The number of hydrogen-bond donors (Lipinski definition) is 0. The lowest BCUT2D eigenvalue weighted by atomic mass is 10.0. The van der Waals surface area contributed by atoms with E-state index in [0.29, 0.717) is 0 Å². The van der Waals surface area contributed by atoms with E-state index in [1.165, 1.54) is 37.4 Å². The van der Waals surface area contributed by atoms with E-state index >= 15 is 0 Å². The maximum absolute atomic E-state index is 5.01. The van der Waals surface area contributed by atoms with E-state index < -0.39 is 0 Å². The highest BCUT2D eigenvalue weighted by molar-refractivity contribution is 7.22. The van der Waals surface area contributed by atoms with Gasteiger partial charge in [-0.05, 0) is 17.7 Å². The van der Waals surface area contributed by atoms with Crippen LogP contribution >= 0.6 is 11.3 Å². The van der Waals surface area contributed by atoms with E-state index in [2.05, 4.69) is 79.7 Å². The van der Waals surface area contributed by atoms with Crippen molar-refractivity contribution >= 4 is 43.1 Å². The minimum Gasteiger partial charge on any atom is -0.235 e. The van der Waals surface area contributed by atoms with Crippen molar-refractivity contribution in [1.29, 1.82) is 0 Å². The largest absolute Gasteiger partial charge is 0.235 e. The second-order valence-corrected chi connectivity index (χ2v) is 7.15. The van der Waals surface area contributed by atoms with Gasteiger partial charge in [-0.3, -0.25) is 0 Å². The van der Waals surface area contributed by atoms with Crippen LogP contribution < -0.4 is 0 Å². The number of fused-ring (bicyclic) bond motifs is 6. The lowest BCUT2D eigenvalue weighted by Crippen LogP contribution is -1.80. The predicted octanol–water partition coefficient (Wildman–Crippen LogP) is 6.58.